The highest BCUT2D eigenvalue weighted by Crippen LogP contribution is 2.20. The fraction of sp³-hybridized carbons (Fsp3) is 0.462. The molecule has 0 bridgehead atoms. The molecule has 0 aromatic heterocycles. The first-order valence-electron chi connectivity index (χ1n) is 5.62. The molecule has 100 valence electrons. The highest BCUT2D eigenvalue weighted by Gasteiger charge is 2.21. The molecule has 0 fully saturated rings. The van der Waals surface area contributed by atoms with Crippen LogP contribution in [0.25, 0.3) is 0 Å². The molecule has 0 aliphatic carbocycles. The van der Waals surface area contributed by atoms with Gasteiger partial charge in [-0.25, -0.2) is 0 Å². The predicted molar refractivity (Wildman–Crippen MR) is 77.5 cm³/mol. The third-order valence-corrected chi connectivity index (χ3v) is 3.93. The largest absolute Gasteiger partial charge is 0.387 e. The summed E-state index contributed by atoms with van der Waals surface area (Å²) in [6.07, 6.45) is 1.91. The van der Waals surface area contributed by atoms with Crippen LogP contribution in [0.3, 0.4) is 0 Å². The number of carbonyl (C=O) groups is 1. The van der Waals surface area contributed by atoms with Crippen LogP contribution < -0.4 is 5.32 Å². The maximum atomic E-state index is 12.0. The number of halogens is 1. The van der Waals surface area contributed by atoms with Crippen LogP contribution in [0, 0.1) is 6.92 Å². The van der Waals surface area contributed by atoms with Crippen molar-refractivity contribution in [1.82, 2.24) is 5.32 Å². The van der Waals surface area contributed by atoms with E-state index in [1.807, 2.05) is 19.2 Å². The number of thioether (sulfide) groups is 1. The molecule has 2 N–H and O–H groups in total. The Labute approximate surface area is 117 Å². The predicted octanol–water partition coefficient (Wildman–Crippen LogP) is 2.49. The van der Waals surface area contributed by atoms with Gasteiger partial charge in [-0.05, 0) is 31.7 Å². The van der Waals surface area contributed by atoms with Gasteiger partial charge in [-0.3, -0.25) is 4.79 Å². The molecular formula is C13H18ClNO2S. The molecule has 0 saturated heterocycles. The molecule has 3 nitrogen and oxygen atoms in total. The van der Waals surface area contributed by atoms with Crippen molar-refractivity contribution >= 4 is 29.3 Å². The quantitative estimate of drug-likeness (QED) is 0.875. The van der Waals surface area contributed by atoms with Gasteiger partial charge in [0.05, 0.1) is 16.2 Å². The van der Waals surface area contributed by atoms with Crippen molar-refractivity contribution < 1.29 is 9.90 Å². The zero-order chi connectivity index (χ0) is 13.8. The lowest BCUT2D eigenvalue weighted by atomic mass is 10.1. The number of hydrogen-bond acceptors (Lipinski definition) is 3. The van der Waals surface area contributed by atoms with Crippen LogP contribution in [0.4, 0.5) is 0 Å². The molecule has 5 heteroatoms. The average molecular weight is 288 g/mol. The first kappa shape index (κ1) is 15.3. The number of amides is 1. The first-order chi connectivity index (χ1) is 8.37. The van der Waals surface area contributed by atoms with Crippen molar-refractivity contribution in [3.05, 3.63) is 34.3 Å². The van der Waals surface area contributed by atoms with Crippen molar-refractivity contribution in [1.29, 1.82) is 0 Å². The molecule has 0 spiro atoms. The monoisotopic (exact) mass is 287 g/mol. The van der Waals surface area contributed by atoms with Gasteiger partial charge in [0, 0.05) is 12.3 Å². The smallest absolute Gasteiger partial charge is 0.252 e. The summed E-state index contributed by atoms with van der Waals surface area (Å²) in [6.45, 7) is 3.75. The molecule has 1 aromatic rings. The van der Waals surface area contributed by atoms with E-state index in [9.17, 15) is 9.90 Å². The maximum absolute atomic E-state index is 12.0. The second-order valence-corrected chi connectivity index (χ2v) is 5.79. The minimum absolute atomic E-state index is 0.205. The fourth-order valence-corrected chi connectivity index (χ4v) is 2.49. The van der Waals surface area contributed by atoms with Crippen LogP contribution in [0.1, 0.15) is 22.8 Å². The van der Waals surface area contributed by atoms with Crippen molar-refractivity contribution in [3.8, 4) is 0 Å². The summed E-state index contributed by atoms with van der Waals surface area (Å²) in [5, 5.41) is 13.1. The van der Waals surface area contributed by atoms with Gasteiger partial charge in [-0.1, -0.05) is 23.7 Å². The summed E-state index contributed by atoms with van der Waals surface area (Å²) in [7, 11) is 0. The van der Waals surface area contributed by atoms with Gasteiger partial charge in [0.25, 0.3) is 5.91 Å². The lowest BCUT2D eigenvalue weighted by Gasteiger charge is -2.22. The molecule has 1 aromatic carbocycles. The molecular weight excluding hydrogens is 270 g/mol. The van der Waals surface area contributed by atoms with E-state index in [-0.39, 0.29) is 12.5 Å². The van der Waals surface area contributed by atoms with Crippen LogP contribution >= 0.6 is 23.4 Å². The Kier molecular flexibility index (Phi) is 5.50. The van der Waals surface area contributed by atoms with Gasteiger partial charge in [-0.15, -0.1) is 0 Å². The minimum atomic E-state index is -0.911. The molecule has 1 rings (SSSR count). The standard InChI is InChI=1S/C13H18ClNO2S/c1-9-5-4-6-10(11(9)14)12(16)15-7-13(2,17)8-18-3/h4-6,17H,7-8H2,1-3H3,(H,15,16). The topological polar surface area (TPSA) is 49.3 Å². The molecule has 0 aliphatic heterocycles. The van der Waals surface area contributed by atoms with Gasteiger partial charge in [0.1, 0.15) is 0 Å². The summed E-state index contributed by atoms with van der Waals surface area (Å²) in [5.74, 6) is 0.305. The van der Waals surface area contributed by atoms with E-state index in [4.69, 9.17) is 11.6 Å². The van der Waals surface area contributed by atoms with E-state index < -0.39 is 5.60 Å². The molecule has 18 heavy (non-hydrogen) atoms. The number of benzene rings is 1. The SMILES string of the molecule is CSCC(C)(O)CNC(=O)c1cccc(C)c1Cl. The Balaban J connectivity index is 2.69. The Hall–Kier alpha value is -0.710. The van der Waals surface area contributed by atoms with Crippen molar-refractivity contribution in [2.45, 2.75) is 19.4 Å². The Bertz CT molecular complexity index is 435. The Morgan fingerprint density at radius 1 is 1.56 bits per heavy atom. The number of carbonyl (C=O) groups excluding carboxylic acids is 1. The van der Waals surface area contributed by atoms with Crippen LogP contribution in [-0.4, -0.2) is 35.2 Å². The molecule has 0 saturated carbocycles. The molecule has 1 amide bonds. The Morgan fingerprint density at radius 3 is 2.83 bits per heavy atom. The molecule has 0 radical (unpaired) electrons. The first-order valence-corrected chi connectivity index (χ1v) is 7.39. The molecule has 0 heterocycles. The number of hydrogen-bond donors (Lipinski definition) is 2. The third-order valence-electron chi connectivity index (χ3n) is 2.52. The number of aryl methyl sites for hydroxylation is 1. The van der Waals surface area contributed by atoms with Crippen LogP contribution in [-0.2, 0) is 0 Å². The average Bonchev–Trinajstić information content (AvgIpc) is 2.30. The van der Waals surface area contributed by atoms with Crippen molar-refractivity contribution in [3.63, 3.8) is 0 Å². The van der Waals surface area contributed by atoms with Crippen LogP contribution in [0.15, 0.2) is 18.2 Å². The molecule has 0 aliphatic rings. The highest BCUT2D eigenvalue weighted by atomic mass is 35.5. The number of nitrogens with one attached hydrogen (secondary N) is 1. The van der Waals surface area contributed by atoms with Gasteiger partial charge < -0.3 is 10.4 Å². The van der Waals surface area contributed by atoms with Crippen LogP contribution in [0.5, 0.6) is 0 Å². The van der Waals surface area contributed by atoms with E-state index in [0.29, 0.717) is 16.3 Å². The number of aliphatic hydroxyl groups is 1. The summed E-state index contributed by atoms with van der Waals surface area (Å²) in [4.78, 5) is 12.0. The minimum Gasteiger partial charge on any atom is -0.387 e. The zero-order valence-electron chi connectivity index (χ0n) is 10.8. The second-order valence-electron chi connectivity index (χ2n) is 4.55. The van der Waals surface area contributed by atoms with Crippen LogP contribution in [0.2, 0.25) is 5.02 Å². The summed E-state index contributed by atoms with van der Waals surface area (Å²) >= 11 is 7.61. The van der Waals surface area contributed by atoms with Gasteiger partial charge in [-0.2, -0.15) is 11.8 Å². The lowest BCUT2D eigenvalue weighted by Crippen LogP contribution is -2.42. The maximum Gasteiger partial charge on any atom is 0.252 e. The van der Waals surface area contributed by atoms with E-state index >= 15 is 0 Å². The van der Waals surface area contributed by atoms with E-state index in [0.717, 1.165) is 5.56 Å². The van der Waals surface area contributed by atoms with E-state index in [2.05, 4.69) is 5.32 Å². The van der Waals surface area contributed by atoms with Gasteiger partial charge >= 0.3 is 0 Å². The van der Waals surface area contributed by atoms with E-state index in [1.54, 1.807) is 19.1 Å². The van der Waals surface area contributed by atoms with Gasteiger partial charge in [0.15, 0.2) is 0 Å². The van der Waals surface area contributed by atoms with Crippen molar-refractivity contribution in [2.24, 2.45) is 0 Å². The Morgan fingerprint density at radius 2 is 2.22 bits per heavy atom. The van der Waals surface area contributed by atoms with E-state index in [1.165, 1.54) is 11.8 Å². The second kappa shape index (κ2) is 6.45. The zero-order valence-corrected chi connectivity index (χ0v) is 12.4. The molecule has 1 unspecified atom stereocenters. The summed E-state index contributed by atoms with van der Waals surface area (Å²) < 4.78 is 0. The van der Waals surface area contributed by atoms with Crippen molar-refractivity contribution in [2.75, 3.05) is 18.6 Å². The molecule has 1 atom stereocenters. The fourth-order valence-electron chi connectivity index (χ4n) is 1.55. The van der Waals surface area contributed by atoms with Gasteiger partial charge in [0.2, 0.25) is 0 Å². The highest BCUT2D eigenvalue weighted by molar-refractivity contribution is 7.98. The third kappa shape index (κ3) is 4.19. The lowest BCUT2D eigenvalue weighted by molar-refractivity contribution is 0.0725. The number of rotatable bonds is 5. The normalized spacial score (nSPS) is 14.1. The summed E-state index contributed by atoms with van der Waals surface area (Å²) in [6, 6.07) is 5.31. The summed E-state index contributed by atoms with van der Waals surface area (Å²) in [5.41, 5.74) is 0.391.